The molecule has 0 atom stereocenters. The first kappa shape index (κ1) is 20.4. The number of anilines is 1. The van der Waals surface area contributed by atoms with E-state index in [1.807, 2.05) is 31.2 Å². The van der Waals surface area contributed by atoms with Crippen LogP contribution in [0.2, 0.25) is 0 Å². The smallest absolute Gasteiger partial charge is 0.243 e. The minimum Gasteiger partial charge on any atom is -0.325 e. The Bertz CT molecular complexity index is 1100. The molecule has 0 radical (unpaired) electrons. The number of nitrogens with zero attached hydrogens (tertiary/aromatic N) is 2. The van der Waals surface area contributed by atoms with Gasteiger partial charge in [0.05, 0.1) is 26.7 Å². The average molecular weight is 418 g/mol. The Morgan fingerprint density at radius 3 is 2.50 bits per heavy atom. The lowest BCUT2D eigenvalue weighted by atomic mass is 10.0. The van der Waals surface area contributed by atoms with Gasteiger partial charge in [0, 0.05) is 12.7 Å². The van der Waals surface area contributed by atoms with Crippen molar-refractivity contribution in [2.45, 2.75) is 31.6 Å². The number of thiazole rings is 1. The molecular formula is C20H23N3O3S2. The Kier molecular flexibility index (Phi) is 5.83. The lowest BCUT2D eigenvalue weighted by Gasteiger charge is -2.17. The maximum atomic E-state index is 12.8. The molecule has 3 aromatic rings. The first-order chi connectivity index (χ1) is 13.2. The number of carbonyl (C=O) groups excluding carboxylic acids is 1. The van der Waals surface area contributed by atoms with E-state index in [9.17, 15) is 13.2 Å². The molecule has 0 aliphatic heterocycles. The van der Waals surface area contributed by atoms with Gasteiger partial charge >= 0.3 is 0 Å². The molecule has 0 unspecified atom stereocenters. The van der Waals surface area contributed by atoms with Crippen molar-refractivity contribution < 1.29 is 13.2 Å². The van der Waals surface area contributed by atoms with Gasteiger partial charge in [0.25, 0.3) is 0 Å². The number of amides is 1. The number of carbonyl (C=O) groups is 1. The van der Waals surface area contributed by atoms with Crippen molar-refractivity contribution >= 4 is 43.2 Å². The van der Waals surface area contributed by atoms with Crippen LogP contribution in [0.3, 0.4) is 0 Å². The summed E-state index contributed by atoms with van der Waals surface area (Å²) in [6.07, 6.45) is 0. The second-order valence-corrected chi connectivity index (χ2v) is 10.2. The second kappa shape index (κ2) is 7.98. The van der Waals surface area contributed by atoms with Crippen LogP contribution in [0.1, 0.15) is 30.3 Å². The summed E-state index contributed by atoms with van der Waals surface area (Å²) in [5, 5.41) is 3.62. The van der Waals surface area contributed by atoms with E-state index in [0.717, 1.165) is 19.5 Å². The van der Waals surface area contributed by atoms with Gasteiger partial charge in [0.2, 0.25) is 15.9 Å². The fraction of sp³-hybridized carbons (Fsp3) is 0.300. The Labute approximate surface area is 169 Å². The summed E-state index contributed by atoms with van der Waals surface area (Å²) in [4.78, 5) is 16.8. The van der Waals surface area contributed by atoms with Crippen LogP contribution in [-0.4, -0.2) is 37.2 Å². The van der Waals surface area contributed by atoms with Crippen LogP contribution in [0, 0.1) is 6.92 Å². The lowest BCUT2D eigenvalue weighted by Crippen LogP contribution is -2.34. The third-order valence-corrected chi connectivity index (χ3v) is 7.14. The van der Waals surface area contributed by atoms with Gasteiger partial charge in [-0.05, 0) is 48.7 Å². The van der Waals surface area contributed by atoms with E-state index in [-0.39, 0.29) is 11.4 Å². The summed E-state index contributed by atoms with van der Waals surface area (Å²) in [6.45, 7) is 5.80. The number of nitrogens with one attached hydrogen (secondary N) is 1. The maximum Gasteiger partial charge on any atom is 0.243 e. The Balaban J connectivity index is 1.70. The molecule has 1 amide bonds. The topological polar surface area (TPSA) is 79.4 Å². The Hall–Kier alpha value is -2.29. The predicted molar refractivity (Wildman–Crippen MR) is 113 cm³/mol. The molecule has 1 heterocycles. The first-order valence-electron chi connectivity index (χ1n) is 8.90. The molecule has 2 aromatic carbocycles. The van der Waals surface area contributed by atoms with Crippen molar-refractivity contribution in [1.29, 1.82) is 0 Å². The fourth-order valence-electron chi connectivity index (χ4n) is 2.80. The van der Waals surface area contributed by atoms with Gasteiger partial charge < -0.3 is 5.32 Å². The average Bonchev–Trinajstić information content (AvgIpc) is 3.01. The predicted octanol–water partition coefficient (Wildman–Crippen LogP) is 3.99. The molecule has 1 aromatic heterocycles. The van der Waals surface area contributed by atoms with Gasteiger partial charge in [0.15, 0.2) is 0 Å². The molecular weight excluding hydrogens is 394 g/mol. The summed E-state index contributed by atoms with van der Waals surface area (Å²) < 4.78 is 27.5. The summed E-state index contributed by atoms with van der Waals surface area (Å²) >= 11 is 1.44. The molecule has 0 aliphatic carbocycles. The quantitative estimate of drug-likeness (QED) is 0.658. The maximum absolute atomic E-state index is 12.8. The van der Waals surface area contributed by atoms with E-state index >= 15 is 0 Å². The Morgan fingerprint density at radius 2 is 1.86 bits per heavy atom. The molecule has 0 bridgehead atoms. The number of benzene rings is 2. The number of hydrogen-bond donors (Lipinski definition) is 1. The highest BCUT2D eigenvalue weighted by Gasteiger charge is 2.23. The highest BCUT2D eigenvalue weighted by Crippen LogP contribution is 2.26. The number of rotatable bonds is 6. The van der Waals surface area contributed by atoms with Crippen LogP contribution >= 0.6 is 11.3 Å². The van der Waals surface area contributed by atoms with Crippen LogP contribution in [0.4, 0.5) is 5.69 Å². The second-order valence-electron chi connectivity index (χ2n) is 6.95. The van der Waals surface area contributed by atoms with Gasteiger partial charge in [-0.15, -0.1) is 11.3 Å². The zero-order valence-corrected chi connectivity index (χ0v) is 17.9. The van der Waals surface area contributed by atoms with E-state index in [4.69, 9.17) is 0 Å². The molecule has 28 heavy (non-hydrogen) atoms. The monoisotopic (exact) mass is 417 g/mol. The van der Waals surface area contributed by atoms with Crippen LogP contribution in [-0.2, 0) is 14.8 Å². The fourth-order valence-corrected chi connectivity index (χ4v) is 4.89. The van der Waals surface area contributed by atoms with Crippen molar-refractivity contribution in [3.63, 3.8) is 0 Å². The van der Waals surface area contributed by atoms with E-state index in [1.54, 1.807) is 12.1 Å². The highest BCUT2D eigenvalue weighted by molar-refractivity contribution is 7.89. The van der Waals surface area contributed by atoms with E-state index in [1.165, 1.54) is 30.0 Å². The lowest BCUT2D eigenvalue weighted by molar-refractivity contribution is -0.116. The van der Waals surface area contributed by atoms with Gasteiger partial charge in [-0.1, -0.05) is 26.0 Å². The van der Waals surface area contributed by atoms with Crippen LogP contribution in [0.25, 0.3) is 10.2 Å². The summed E-state index contributed by atoms with van der Waals surface area (Å²) in [5.41, 5.74) is 2.58. The van der Waals surface area contributed by atoms with Gasteiger partial charge in [-0.2, -0.15) is 4.31 Å². The minimum atomic E-state index is -3.78. The first-order valence-corrected chi connectivity index (χ1v) is 11.2. The van der Waals surface area contributed by atoms with Crippen LogP contribution < -0.4 is 5.32 Å². The van der Waals surface area contributed by atoms with Crippen molar-refractivity contribution in [2.24, 2.45) is 0 Å². The zero-order chi connectivity index (χ0) is 20.5. The van der Waals surface area contributed by atoms with Crippen molar-refractivity contribution in [1.82, 2.24) is 9.29 Å². The minimum absolute atomic E-state index is 0.153. The summed E-state index contributed by atoms with van der Waals surface area (Å²) in [7, 11) is -2.37. The summed E-state index contributed by atoms with van der Waals surface area (Å²) in [5.74, 6) is 0.0128. The van der Waals surface area contributed by atoms with Gasteiger partial charge in [-0.3, -0.25) is 4.79 Å². The van der Waals surface area contributed by atoms with Crippen LogP contribution in [0.15, 0.2) is 47.4 Å². The number of sulfonamides is 1. The third-order valence-electron chi connectivity index (χ3n) is 4.40. The molecule has 0 saturated carbocycles. The molecule has 1 N–H and O–H groups in total. The molecule has 0 fully saturated rings. The zero-order valence-electron chi connectivity index (χ0n) is 16.3. The van der Waals surface area contributed by atoms with Crippen molar-refractivity contribution in [3.8, 4) is 0 Å². The van der Waals surface area contributed by atoms with Gasteiger partial charge in [0.1, 0.15) is 0 Å². The molecule has 0 spiro atoms. The van der Waals surface area contributed by atoms with E-state index in [2.05, 4.69) is 24.1 Å². The van der Waals surface area contributed by atoms with Crippen molar-refractivity contribution in [3.05, 3.63) is 53.0 Å². The number of aromatic nitrogens is 1. The number of likely N-dealkylation sites (N-methyl/N-ethyl adjacent to an activating group) is 1. The molecule has 8 heteroatoms. The molecule has 0 aliphatic rings. The number of hydrogen-bond acceptors (Lipinski definition) is 5. The van der Waals surface area contributed by atoms with Gasteiger partial charge in [-0.25, -0.2) is 13.4 Å². The van der Waals surface area contributed by atoms with E-state index < -0.39 is 15.9 Å². The highest BCUT2D eigenvalue weighted by atomic mass is 32.2. The molecule has 3 rings (SSSR count). The standard InChI is InChI=1S/C20H23N3O3S2/c1-13(2)15-5-7-16(8-6-15)22-20(24)12-23(4)28(25,26)17-9-10-18-19(11-17)27-14(3)21-18/h5-11,13H,12H2,1-4H3,(H,22,24). The van der Waals surface area contributed by atoms with E-state index in [0.29, 0.717) is 11.6 Å². The number of aryl methyl sites for hydroxylation is 1. The van der Waals surface area contributed by atoms with Crippen molar-refractivity contribution in [2.75, 3.05) is 18.9 Å². The largest absolute Gasteiger partial charge is 0.325 e. The summed E-state index contributed by atoms with van der Waals surface area (Å²) in [6, 6.07) is 12.4. The number of fused-ring (bicyclic) bond motifs is 1. The SMILES string of the molecule is Cc1nc2ccc(S(=O)(=O)N(C)CC(=O)Nc3ccc(C(C)C)cc3)cc2s1. The normalized spacial score (nSPS) is 12.1. The molecule has 0 saturated heterocycles. The Morgan fingerprint density at radius 1 is 1.18 bits per heavy atom. The van der Waals surface area contributed by atoms with Crippen LogP contribution in [0.5, 0.6) is 0 Å². The third kappa shape index (κ3) is 4.40. The molecule has 6 nitrogen and oxygen atoms in total. The molecule has 148 valence electrons.